The van der Waals surface area contributed by atoms with Gasteiger partial charge in [-0.05, 0) is 46.9 Å². The van der Waals surface area contributed by atoms with Crippen molar-refractivity contribution in [3.05, 3.63) is 50.6 Å². The molecule has 3 aromatic carbocycles. The smallest absolute Gasteiger partial charge is 0.338 e. The molecule has 0 bridgehead atoms. The van der Waals surface area contributed by atoms with Crippen LogP contribution in [-0.2, 0) is 11.2 Å². The second-order valence-corrected chi connectivity index (χ2v) is 8.57. The zero-order valence-corrected chi connectivity index (χ0v) is 19.1. The highest BCUT2D eigenvalue weighted by Crippen LogP contribution is 2.47. The van der Waals surface area contributed by atoms with Gasteiger partial charge < -0.3 is 50.3 Å². The van der Waals surface area contributed by atoms with Crippen LogP contribution in [0.1, 0.15) is 27.6 Å². The number of aromatic hydroxyl groups is 8. The van der Waals surface area contributed by atoms with Crippen LogP contribution in [0.4, 0.5) is 0 Å². The Labute approximate surface area is 204 Å². The first-order chi connectivity index (χ1) is 16.0. The van der Waals surface area contributed by atoms with Crippen LogP contribution in [0.15, 0.2) is 30.3 Å². The molecule has 0 aliphatic carbocycles. The molecule has 11 nitrogen and oxygen atoms in total. The molecule has 0 aromatic heterocycles. The summed E-state index contributed by atoms with van der Waals surface area (Å²) in [6.07, 6.45) is -2.51. The average Bonchev–Trinajstić information content (AvgIpc) is 2.79. The molecule has 0 saturated carbocycles. The van der Waals surface area contributed by atoms with Gasteiger partial charge in [0.1, 0.15) is 23.4 Å². The molecule has 0 saturated heterocycles. The second-order valence-electron chi connectivity index (χ2n) is 7.49. The number of ether oxygens (including phenoxy) is 2. The van der Waals surface area contributed by atoms with Crippen molar-refractivity contribution in [2.45, 2.75) is 18.6 Å². The number of rotatable bonds is 3. The number of esters is 1. The Hall–Kier alpha value is -3.94. The number of phenols is 8. The lowest BCUT2D eigenvalue weighted by molar-refractivity contribution is -0.0189. The van der Waals surface area contributed by atoms with Gasteiger partial charge in [-0.25, -0.2) is 4.79 Å². The zero-order chi connectivity index (χ0) is 24.9. The third kappa shape index (κ3) is 3.96. The van der Waals surface area contributed by atoms with Crippen molar-refractivity contribution in [1.82, 2.24) is 0 Å². The monoisotopic (exact) mass is 584 g/mol. The number of hydrogen-bond donors (Lipinski definition) is 8. The zero-order valence-electron chi connectivity index (χ0n) is 16.9. The molecule has 0 spiro atoms. The largest absolute Gasteiger partial charge is 0.507 e. The summed E-state index contributed by atoms with van der Waals surface area (Å²) in [6.45, 7) is 0. The van der Waals surface area contributed by atoms with E-state index < -0.39 is 52.7 Å². The number of benzene rings is 3. The molecular weight excluding hydrogens is 567 g/mol. The van der Waals surface area contributed by atoms with Crippen molar-refractivity contribution < 1.29 is 55.1 Å². The molecule has 4 rings (SSSR count). The highest BCUT2D eigenvalue weighted by atomic mass is 127. The predicted octanol–water partition coefficient (Wildman–Crippen LogP) is 2.84. The number of carbonyl (C=O) groups excluding carboxylic acids is 1. The van der Waals surface area contributed by atoms with E-state index in [0.29, 0.717) is 0 Å². The van der Waals surface area contributed by atoms with E-state index in [-0.39, 0.29) is 43.9 Å². The van der Waals surface area contributed by atoms with Crippen LogP contribution in [0, 0.1) is 3.57 Å². The van der Waals surface area contributed by atoms with Gasteiger partial charge in [0.15, 0.2) is 40.6 Å². The van der Waals surface area contributed by atoms with Crippen LogP contribution in [-0.4, -0.2) is 52.9 Å². The van der Waals surface area contributed by atoms with Gasteiger partial charge in [-0.3, -0.25) is 0 Å². The maximum atomic E-state index is 12.8. The molecule has 8 N–H and O–H groups in total. The van der Waals surface area contributed by atoms with Gasteiger partial charge in [-0.1, -0.05) is 0 Å². The molecule has 12 heteroatoms. The first-order valence-corrected chi connectivity index (χ1v) is 10.7. The van der Waals surface area contributed by atoms with Gasteiger partial charge >= 0.3 is 5.97 Å². The molecule has 34 heavy (non-hydrogen) atoms. The summed E-state index contributed by atoms with van der Waals surface area (Å²) in [7, 11) is 0. The Morgan fingerprint density at radius 1 is 0.794 bits per heavy atom. The summed E-state index contributed by atoms with van der Waals surface area (Å²) in [6, 6.07) is 5.16. The highest BCUT2D eigenvalue weighted by molar-refractivity contribution is 14.1. The molecule has 0 unspecified atom stereocenters. The normalized spacial score (nSPS) is 17.0. The highest BCUT2D eigenvalue weighted by Gasteiger charge is 2.38. The summed E-state index contributed by atoms with van der Waals surface area (Å²) in [5.41, 5.74) is -0.0108. The minimum absolute atomic E-state index is 0.0553. The van der Waals surface area contributed by atoms with E-state index in [1.165, 1.54) is 6.07 Å². The maximum absolute atomic E-state index is 12.8. The molecule has 178 valence electrons. The number of hydrogen-bond acceptors (Lipinski definition) is 11. The fraction of sp³-hybridized carbons (Fsp3) is 0.136. The van der Waals surface area contributed by atoms with Gasteiger partial charge in [0.05, 0.1) is 9.13 Å². The fourth-order valence-electron chi connectivity index (χ4n) is 3.57. The van der Waals surface area contributed by atoms with Crippen LogP contribution < -0.4 is 4.74 Å². The van der Waals surface area contributed by atoms with Gasteiger partial charge in [0.2, 0.25) is 0 Å². The minimum Gasteiger partial charge on any atom is -0.507 e. The quantitative estimate of drug-likeness (QED) is 0.128. The van der Waals surface area contributed by atoms with Crippen molar-refractivity contribution in [3.63, 3.8) is 0 Å². The summed E-state index contributed by atoms with van der Waals surface area (Å²) in [5, 5.41) is 79.0. The first-order valence-electron chi connectivity index (χ1n) is 9.58. The van der Waals surface area contributed by atoms with Crippen LogP contribution in [0.2, 0.25) is 0 Å². The minimum atomic E-state index is -1.19. The van der Waals surface area contributed by atoms with E-state index in [2.05, 4.69) is 0 Å². The van der Waals surface area contributed by atoms with Crippen molar-refractivity contribution in [3.8, 4) is 51.7 Å². The van der Waals surface area contributed by atoms with Gasteiger partial charge in [-0.15, -0.1) is 0 Å². The molecule has 2 atom stereocenters. The lowest BCUT2D eigenvalue weighted by Gasteiger charge is -2.34. The Balaban J connectivity index is 1.77. The summed E-state index contributed by atoms with van der Waals surface area (Å²) in [5.74, 6) is -5.99. The van der Waals surface area contributed by atoms with E-state index in [1.54, 1.807) is 22.6 Å². The molecule has 1 aliphatic heterocycles. The third-order valence-corrected chi connectivity index (χ3v) is 6.33. The van der Waals surface area contributed by atoms with E-state index in [4.69, 9.17) is 9.47 Å². The fourth-order valence-corrected chi connectivity index (χ4v) is 4.05. The lowest BCUT2D eigenvalue weighted by atomic mass is 9.93. The van der Waals surface area contributed by atoms with Gasteiger partial charge in [-0.2, -0.15) is 0 Å². The van der Waals surface area contributed by atoms with E-state index in [1.807, 2.05) is 0 Å². The molecular formula is C22H17IO11. The van der Waals surface area contributed by atoms with Crippen molar-refractivity contribution in [2.24, 2.45) is 0 Å². The van der Waals surface area contributed by atoms with E-state index in [9.17, 15) is 45.6 Å². The van der Waals surface area contributed by atoms with Crippen molar-refractivity contribution in [1.29, 1.82) is 0 Å². The molecule has 0 amide bonds. The summed E-state index contributed by atoms with van der Waals surface area (Å²) >= 11 is 1.72. The number of carbonyl (C=O) groups is 1. The number of halogens is 1. The van der Waals surface area contributed by atoms with E-state index >= 15 is 0 Å². The van der Waals surface area contributed by atoms with Crippen LogP contribution in [0.3, 0.4) is 0 Å². The van der Waals surface area contributed by atoms with Crippen molar-refractivity contribution >= 4 is 28.6 Å². The third-order valence-electron chi connectivity index (χ3n) is 5.27. The molecule has 1 heterocycles. The number of fused-ring (bicyclic) bond motifs is 1. The first kappa shape index (κ1) is 23.2. The Morgan fingerprint density at radius 2 is 1.32 bits per heavy atom. The SMILES string of the molecule is O=C(O[C@@H]1Cc2c(cc(O)c(I)c2O)O[C@@H]1c1cc(O)c(O)c(O)c1)c1cc(O)c(O)c(O)c1. The molecule has 0 radical (unpaired) electrons. The van der Waals surface area contributed by atoms with Crippen LogP contribution in [0.5, 0.6) is 51.7 Å². The predicted molar refractivity (Wildman–Crippen MR) is 122 cm³/mol. The molecule has 0 fully saturated rings. The topological polar surface area (TPSA) is 197 Å². The van der Waals surface area contributed by atoms with Gasteiger partial charge in [0.25, 0.3) is 0 Å². The average molecular weight is 584 g/mol. The van der Waals surface area contributed by atoms with Gasteiger partial charge in [0, 0.05) is 23.6 Å². The lowest BCUT2D eigenvalue weighted by Crippen LogP contribution is -2.35. The Kier molecular flexibility index (Phi) is 5.77. The standard InChI is InChI=1S/C22H17IO11/c23-17-10(24)6-15-9(18(17)29)5-16(21(33-15)7-1-11(25)19(30)12(26)2-7)34-22(32)8-3-13(27)20(31)14(28)4-8/h1-4,6,16,21,24-31H,5H2/t16-,21-/m1/s1. The van der Waals surface area contributed by atoms with Crippen LogP contribution in [0.25, 0.3) is 0 Å². The molecule has 3 aromatic rings. The summed E-state index contributed by atoms with van der Waals surface area (Å²) in [4.78, 5) is 12.8. The van der Waals surface area contributed by atoms with Crippen LogP contribution >= 0.6 is 22.6 Å². The molecule has 1 aliphatic rings. The van der Waals surface area contributed by atoms with Crippen molar-refractivity contribution in [2.75, 3.05) is 0 Å². The Bertz CT molecular complexity index is 1270. The van der Waals surface area contributed by atoms with E-state index in [0.717, 1.165) is 24.3 Å². The summed E-state index contributed by atoms with van der Waals surface area (Å²) < 4.78 is 11.5. The maximum Gasteiger partial charge on any atom is 0.338 e. The number of phenolic OH excluding ortho intramolecular Hbond substituents is 8. The Morgan fingerprint density at radius 3 is 1.88 bits per heavy atom. The second kappa shape index (κ2) is 8.44.